The highest BCUT2D eigenvalue weighted by Gasteiger charge is 2.44. The predicted molar refractivity (Wildman–Crippen MR) is 81.8 cm³/mol. The van der Waals surface area contributed by atoms with E-state index in [0.717, 1.165) is 26.2 Å². The highest BCUT2D eigenvalue weighted by Crippen LogP contribution is 2.50. The van der Waals surface area contributed by atoms with Crippen molar-refractivity contribution in [1.82, 2.24) is 10.2 Å². The molecule has 0 spiro atoms. The van der Waals surface area contributed by atoms with E-state index >= 15 is 0 Å². The van der Waals surface area contributed by atoms with Crippen molar-refractivity contribution in [2.45, 2.75) is 25.3 Å². The second-order valence-electron chi connectivity index (χ2n) is 6.34. The zero-order valence-electron chi connectivity index (χ0n) is 12.5. The molecule has 1 aromatic carbocycles. The Morgan fingerprint density at radius 3 is 2.80 bits per heavy atom. The van der Waals surface area contributed by atoms with Crippen LogP contribution in [-0.4, -0.2) is 44.8 Å². The Labute approximate surface area is 122 Å². The molecule has 3 nitrogen and oxygen atoms in total. The zero-order chi connectivity index (χ0) is 13.8. The first-order valence-electron chi connectivity index (χ1n) is 7.82. The van der Waals surface area contributed by atoms with Crippen LogP contribution in [0.1, 0.15) is 30.9 Å². The summed E-state index contributed by atoms with van der Waals surface area (Å²) >= 11 is 0. The summed E-state index contributed by atoms with van der Waals surface area (Å²) in [4.78, 5) is 2.69. The third-order valence-corrected chi connectivity index (χ3v) is 4.87. The first-order chi connectivity index (χ1) is 9.83. The summed E-state index contributed by atoms with van der Waals surface area (Å²) < 4.78 is 5.29. The van der Waals surface area contributed by atoms with E-state index in [1.807, 2.05) is 7.11 Å². The molecule has 1 aromatic rings. The summed E-state index contributed by atoms with van der Waals surface area (Å²) in [5, 5.41) is 3.55. The zero-order valence-corrected chi connectivity index (χ0v) is 12.5. The lowest BCUT2D eigenvalue weighted by Gasteiger charge is -2.39. The van der Waals surface area contributed by atoms with Crippen LogP contribution in [0.3, 0.4) is 0 Å². The van der Waals surface area contributed by atoms with Gasteiger partial charge in [0.15, 0.2) is 0 Å². The van der Waals surface area contributed by atoms with Gasteiger partial charge in [0.2, 0.25) is 0 Å². The first-order valence-corrected chi connectivity index (χ1v) is 7.82. The summed E-state index contributed by atoms with van der Waals surface area (Å²) in [7, 11) is 1.81. The molecule has 2 fully saturated rings. The Balaban J connectivity index is 1.67. The summed E-state index contributed by atoms with van der Waals surface area (Å²) in [6, 6.07) is 11.5. The van der Waals surface area contributed by atoms with Crippen molar-refractivity contribution in [1.29, 1.82) is 0 Å². The van der Waals surface area contributed by atoms with Crippen molar-refractivity contribution in [2.24, 2.45) is 5.41 Å². The number of benzene rings is 1. The molecule has 1 saturated heterocycles. The van der Waals surface area contributed by atoms with Crippen LogP contribution in [0.2, 0.25) is 0 Å². The van der Waals surface area contributed by atoms with Crippen LogP contribution >= 0.6 is 0 Å². The highest BCUT2D eigenvalue weighted by atomic mass is 16.5. The van der Waals surface area contributed by atoms with E-state index in [2.05, 4.69) is 40.5 Å². The molecule has 1 saturated carbocycles. The third kappa shape index (κ3) is 3.22. The van der Waals surface area contributed by atoms with Gasteiger partial charge in [0.1, 0.15) is 0 Å². The van der Waals surface area contributed by atoms with Crippen molar-refractivity contribution in [3.63, 3.8) is 0 Å². The van der Waals surface area contributed by atoms with Crippen molar-refractivity contribution >= 4 is 0 Å². The van der Waals surface area contributed by atoms with Gasteiger partial charge in [-0.05, 0) is 30.2 Å². The average molecular weight is 274 g/mol. The summed E-state index contributed by atoms with van der Waals surface area (Å²) in [6.45, 7) is 5.49. The fourth-order valence-corrected chi connectivity index (χ4v) is 3.35. The van der Waals surface area contributed by atoms with Gasteiger partial charge >= 0.3 is 0 Å². The van der Waals surface area contributed by atoms with Crippen molar-refractivity contribution in [3.05, 3.63) is 35.9 Å². The Bertz CT molecular complexity index is 416. The molecule has 20 heavy (non-hydrogen) atoms. The predicted octanol–water partition coefficient (Wildman–Crippen LogP) is 2.45. The minimum atomic E-state index is 0.532. The van der Waals surface area contributed by atoms with Crippen LogP contribution in [-0.2, 0) is 4.74 Å². The van der Waals surface area contributed by atoms with Gasteiger partial charge in [-0.15, -0.1) is 0 Å². The molecule has 0 radical (unpaired) electrons. The number of methoxy groups -OCH3 is 1. The lowest BCUT2D eigenvalue weighted by molar-refractivity contribution is 0.107. The van der Waals surface area contributed by atoms with E-state index in [1.54, 1.807) is 0 Å². The fourth-order valence-electron chi connectivity index (χ4n) is 3.35. The topological polar surface area (TPSA) is 24.5 Å². The number of hydrogen-bond donors (Lipinski definition) is 1. The van der Waals surface area contributed by atoms with Crippen molar-refractivity contribution in [2.75, 3.05) is 39.9 Å². The van der Waals surface area contributed by atoms with Crippen LogP contribution < -0.4 is 5.32 Å². The summed E-state index contributed by atoms with van der Waals surface area (Å²) in [5.74, 6) is 0. The van der Waals surface area contributed by atoms with Crippen LogP contribution in [0.4, 0.5) is 0 Å². The molecular weight excluding hydrogens is 248 g/mol. The van der Waals surface area contributed by atoms with Crippen LogP contribution in [0.25, 0.3) is 0 Å². The fraction of sp³-hybridized carbons (Fsp3) is 0.647. The van der Waals surface area contributed by atoms with Gasteiger partial charge in [0, 0.05) is 45.9 Å². The summed E-state index contributed by atoms with van der Waals surface area (Å²) in [5.41, 5.74) is 1.99. The molecule has 1 atom stereocenters. The van der Waals surface area contributed by atoms with Crippen molar-refractivity contribution in [3.8, 4) is 0 Å². The number of nitrogens with zero attached hydrogens (tertiary/aromatic N) is 1. The SMILES string of the molecule is COCCC1(CN2CCNCC2c2ccccc2)CC1. The van der Waals surface area contributed by atoms with Gasteiger partial charge in [-0.2, -0.15) is 0 Å². The monoisotopic (exact) mass is 274 g/mol. The number of nitrogens with one attached hydrogen (secondary N) is 1. The van der Waals surface area contributed by atoms with E-state index in [-0.39, 0.29) is 0 Å². The molecule has 110 valence electrons. The third-order valence-electron chi connectivity index (χ3n) is 4.87. The Morgan fingerprint density at radius 2 is 2.10 bits per heavy atom. The molecule has 3 rings (SSSR count). The van der Waals surface area contributed by atoms with Gasteiger partial charge < -0.3 is 10.1 Å². The number of rotatable bonds is 6. The molecule has 0 aromatic heterocycles. The molecule has 1 aliphatic carbocycles. The second-order valence-corrected chi connectivity index (χ2v) is 6.34. The maximum Gasteiger partial charge on any atom is 0.0473 e. The molecule has 3 heteroatoms. The van der Waals surface area contributed by atoms with E-state index < -0.39 is 0 Å². The van der Waals surface area contributed by atoms with Gasteiger partial charge in [-0.1, -0.05) is 30.3 Å². The second kappa shape index (κ2) is 6.25. The largest absolute Gasteiger partial charge is 0.385 e. The highest BCUT2D eigenvalue weighted by molar-refractivity contribution is 5.20. The van der Waals surface area contributed by atoms with E-state index in [0.29, 0.717) is 11.5 Å². The molecule has 2 aliphatic rings. The molecule has 0 amide bonds. The van der Waals surface area contributed by atoms with Gasteiger partial charge in [-0.3, -0.25) is 4.90 Å². The number of piperazine rings is 1. The first kappa shape index (κ1) is 14.1. The number of hydrogen-bond acceptors (Lipinski definition) is 3. The maximum atomic E-state index is 5.29. The minimum absolute atomic E-state index is 0.532. The van der Waals surface area contributed by atoms with Gasteiger partial charge in [0.05, 0.1) is 0 Å². The molecule has 1 unspecified atom stereocenters. The molecule has 1 heterocycles. The van der Waals surface area contributed by atoms with Crippen molar-refractivity contribution < 1.29 is 4.74 Å². The molecule has 1 aliphatic heterocycles. The average Bonchev–Trinajstić information content (AvgIpc) is 3.27. The van der Waals surface area contributed by atoms with Crippen LogP contribution in [0.15, 0.2) is 30.3 Å². The Morgan fingerprint density at radius 1 is 1.30 bits per heavy atom. The van der Waals surface area contributed by atoms with Gasteiger partial charge in [0.25, 0.3) is 0 Å². The normalized spacial score (nSPS) is 25.6. The quantitative estimate of drug-likeness (QED) is 0.862. The van der Waals surface area contributed by atoms with Crippen LogP contribution in [0.5, 0.6) is 0 Å². The van der Waals surface area contributed by atoms with Crippen LogP contribution in [0, 0.1) is 5.41 Å². The Kier molecular flexibility index (Phi) is 4.39. The standard InChI is InChI=1S/C17H26N2O/c1-20-12-9-17(7-8-17)14-19-11-10-18-13-16(19)15-5-3-2-4-6-15/h2-6,16,18H,7-14H2,1H3. The molecule has 0 bridgehead atoms. The molecule has 1 N–H and O–H groups in total. The Hall–Kier alpha value is -0.900. The number of ether oxygens (including phenoxy) is 1. The van der Waals surface area contributed by atoms with E-state index in [9.17, 15) is 0 Å². The van der Waals surface area contributed by atoms with Gasteiger partial charge in [-0.25, -0.2) is 0 Å². The van der Waals surface area contributed by atoms with E-state index in [1.165, 1.54) is 31.4 Å². The smallest absolute Gasteiger partial charge is 0.0473 e. The molecular formula is C17H26N2O. The lowest BCUT2D eigenvalue weighted by atomic mass is 9.97. The minimum Gasteiger partial charge on any atom is -0.385 e. The maximum absolute atomic E-state index is 5.29. The summed E-state index contributed by atoms with van der Waals surface area (Å²) in [6.07, 6.45) is 3.97. The van der Waals surface area contributed by atoms with E-state index in [4.69, 9.17) is 4.74 Å². The lowest BCUT2D eigenvalue weighted by Crippen LogP contribution is -2.48.